The number of aromatic nitrogens is 4. The first-order valence-electron chi connectivity index (χ1n) is 5.06. The number of nitrogen functional groups attached to an aromatic ring is 1. The van der Waals surface area contributed by atoms with Crippen LogP contribution in [0.1, 0.15) is 0 Å². The number of nitrogens with zero attached hydrogens (tertiary/aromatic N) is 3. The molecule has 0 spiro atoms. The van der Waals surface area contributed by atoms with Crippen LogP contribution in [-0.4, -0.2) is 19.9 Å². The summed E-state index contributed by atoms with van der Waals surface area (Å²) in [5, 5.41) is 0. The molecule has 0 aliphatic rings. The molecule has 0 fully saturated rings. The molecule has 0 bridgehead atoms. The van der Waals surface area contributed by atoms with Gasteiger partial charge in [-0.1, -0.05) is 0 Å². The van der Waals surface area contributed by atoms with Crippen molar-refractivity contribution < 1.29 is 8.78 Å². The number of aromatic amines is 1. The lowest BCUT2D eigenvalue weighted by atomic mass is 10.1. The van der Waals surface area contributed by atoms with E-state index >= 15 is 0 Å². The van der Waals surface area contributed by atoms with Gasteiger partial charge in [-0.25, -0.2) is 18.7 Å². The van der Waals surface area contributed by atoms with E-state index in [0.29, 0.717) is 16.9 Å². The fraction of sp³-hybridized carbons (Fsp3) is 0. The molecule has 5 nitrogen and oxygen atoms in total. The van der Waals surface area contributed by atoms with Crippen LogP contribution in [0.15, 0.2) is 24.5 Å². The van der Waals surface area contributed by atoms with E-state index in [0.717, 1.165) is 6.07 Å². The van der Waals surface area contributed by atoms with Crippen molar-refractivity contribution in [3.05, 3.63) is 36.2 Å². The summed E-state index contributed by atoms with van der Waals surface area (Å²) < 4.78 is 26.4. The lowest BCUT2D eigenvalue weighted by Crippen LogP contribution is -1.98. The van der Waals surface area contributed by atoms with Crippen LogP contribution in [0.4, 0.5) is 14.7 Å². The topological polar surface area (TPSA) is 80.5 Å². The Bertz CT molecular complexity index is 717. The van der Waals surface area contributed by atoms with Crippen LogP contribution in [-0.2, 0) is 0 Å². The zero-order chi connectivity index (χ0) is 12.7. The number of nitrogens with two attached hydrogens (primary N) is 1. The highest BCUT2D eigenvalue weighted by atomic mass is 19.1. The molecule has 2 aromatic heterocycles. The van der Waals surface area contributed by atoms with Crippen LogP contribution in [0.25, 0.3) is 22.4 Å². The molecular weight excluding hydrogens is 240 g/mol. The third-order valence-electron chi connectivity index (χ3n) is 2.44. The molecule has 90 valence electrons. The Balaban J connectivity index is 2.33. The lowest BCUT2D eigenvalue weighted by Gasteiger charge is -2.03. The van der Waals surface area contributed by atoms with Crippen molar-refractivity contribution >= 4 is 17.1 Å². The first-order valence-corrected chi connectivity index (χ1v) is 5.06. The van der Waals surface area contributed by atoms with Crippen molar-refractivity contribution in [1.29, 1.82) is 0 Å². The van der Waals surface area contributed by atoms with Crippen molar-refractivity contribution in [2.45, 2.75) is 0 Å². The first-order chi connectivity index (χ1) is 8.63. The zero-order valence-electron chi connectivity index (χ0n) is 8.98. The second kappa shape index (κ2) is 3.73. The maximum atomic E-state index is 13.2. The molecule has 0 aliphatic carbocycles. The summed E-state index contributed by atoms with van der Waals surface area (Å²) in [4.78, 5) is 14.6. The van der Waals surface area contributed by atoms with Gasteiger partial charge in [0.05, 0.1) is 6.33 Å². The normalized spacial score (nSPS) is 11.0. The number of H-pyrrole nitrogens is 1. The predicted octanol–water partition coefficient (Wildman–Crippen LogP) is 1.88. The van der Waals surface area contributed by atoms with Gasteiger partial charge in [-0.15, -0.1) is 0 Å². The molecule has 0 saturated heterocycles. The van der Waals surface area contributed by atoms with Crippen molar-refractivity contribution in [2.24, 2.45) is 0 Å². The Morgan fingerprint density at radius 2 is 1.78 bits per heavy atom. The van der Waals surface area contributed by atoms with Crippen LogP contribution >= 0.6 is 0 Å². The van der Waals surface area contributed by atoms with Gasteiger partial charge in [0.2, 0.25) is 5.95 Å². The SMILES string of the molecule is Nc1nc(-c2cc(F)cc(F)c2)c2[nH]cnc2n1. The number of nitrogens with one attached hydrogen (secondary N) is 1. The van der Waals surface area contributed by atoms with E-state index in [-0.39, 0.29) is 11.5 Å². The standard InChI is InChI=1S/C11H7F2N5/c12-6-1-5(2-7(13)3-6)8-9-10(16-4-15-9)18-11(14)17-8/h1-4H,(H3,14,15,16,17,18). The van der Waals surface area contributed by atoms with E-state index in [9.17, 15) is 8.78 Å². The molecule has 3 aromatic rings. The monoisotopic (exact) mass is 247 g/mol. The molecular formula is C11H7F2N5. The molecule has 0 unspecified atom stereocenters. The second-order valence-electron chi connectivity index (χ2n) is 3.69. The molecule has 0 atom stereocenters. The molecule has 2 heterocycles. The first kappa shape index (κ1) is 10.6. The fourth-order valence-corrected chi connectivity index (χ4v) is 1.75. The zero-order valence-corrected chi connectivity index (χ0v) is 8.98. The molecule has 0 amide bonds. The predicted molar refractivity (Wildman–Crippen MR) is 61.4 cm³/mol. The van der Waals surface area contributed by atoms with E-state index < -0.39 is 11.6 Å². The van der Waals surface area contributed by atoms with Gasteiger partial charge < -0.3 is 10.7 Å². The smallest absolute Gasteiger partial charge is 0.222 e. The van der Waals surface area contributed by atoms with E-state index in [1.54, 1.807) is 0 Å². The molecule has 0 radical (unpaired) electrons. The van der Waals surface area contributed by atoms with Crippen molar-refractivity contribution in [2.75, 3.05) is 5.73 Å². The summed E-state index contributed by atoms with van der Waals surface area (Å²) in [5.41, 5.74) is 6.95. The Morgan fingerprint density at radius 3 is 2.50 bits per heavy atom. The number of fused-ring (bicyclic) bond motifs is 1. The highest BCUT2D eigenvalue weighted by Gasteiger charge is 2.12. The Morgan fingerprint density at radius 1 is 1.06 bits per heavy atom. The van der Waals surface area contributed by atoms with Gasteiger partial charge in [0.15, 0.2) is 5.65 Å². The highest BCUT2D eigenvalue weighted by Crippen LogP contribution is 2.25. The van der Waals surface area contributed by atoms with Gasteiger partial charge in [-0.05, 0) is 12.1 Å². The summed E-state index contributed by atoms with van der Waals surface area (Å²) in [7, 11) is 0. The summed E-state index contributed by atoms with van der Waals surface area (Å²) >= 11 is 0. The van der Waals surface area contributed by atoms with Gasteiger partial charge in [-0.2, -0.15) is 4.98 Å². The van der Waals surface area contributed by atoms with E-state index in [2.05, 4.69) is 19.9 Å². The summed E-state index contributed by atoms with van der Waals surface area (Å²) in [5.74, 6) is -1.38. The van der Waals surface area contributed by atoms with E-state index in [1.807, 2.05) is 0 Å². The average molecular weight is 247 g/mol. The molecule has 3 N–H and O–H groups in total. The van der Waals surface area contributed by atoms with Gasteiger partial charge in [0.25, 0.3) is 0 Å². The minimum absolute atomic E-state index is 0.00531. The molecule has 0 saturated carbocycles. The largest absolute Gasteiger partial charge is 0.368 e. The number of imidazole rings is 1. The van der Waals surface area contributed by atoms with Crippen LogP contribution in [0.2, 0.25) is 0 Å². The maximum absolute atomic E-state index is 13.2. The minimum Gasteiger partial charge on any atom is -0.368 e. The third-order valence-corrected chi connectivity index (χ3v) is 2.44. The summed E-state index contributed by atoms with van der Waals surface area (Å²) in [6.45, 7) is 0. The Hall–Kier alpha value is -2.57. The van der Waals surface area contributed by atoms with Gasteiger partial charge in [-0.3, -0.25) is 0 Å². The number of hydrogen-bond donors (Lipinski definition) is 2. The van der Waals surface area contributed by atoms with Crippen LogP contribution < -0.4 is 5.73 Å². The minimum atomic E-state index is -0.685. The van der Waals surface area contributed by atoms with E-state index in [4.69, 9.17) is 5.73 Å². The van der Waals surface area contributed by atoms with Crippen LogP contribution in [0.3, 0.4) is 0 Å². The summed E-state index contributed by atoms with van der Waals surface area (Å²) in [6.07, 6.45) is 1.41. The van der Waals surface area contributed by atoms with Gasteiger partial charge in [0.1, 0.15) is 22.8 Å². The molecule has 7 heteroatoms. The second-order valence-corrected chi connectivity index (χ2v) is 3.69. The number of hydrogen-bond acceptors (Lipinski definition) is 4. The van der Waals surface area contributed by atoms with Crippen LogP contribution in [0.5, 0.6) is 0 Å². The number of rotatable bonds is 1. The maximum Gasteiger partial charge on any atom is 0.222 e. The third kappa shape index (κ3) is 1.65. The number of benzene rings is 1. The Labute approximate surface area is 99.7 Å². The van der Waals surface area contributed by atoms with Gasteiger partial charge in [0, 0.05) is 11.6 Å². The Kier molecular flexibility index (Phi) is 2.19. The molecule has 0 aliphatic heterocycles. The summed E-state index contributed by atoms with van der Waals surface area (Å²) in [6, 6.07) is 3.13. The van der Waals surface area contributed by atoms with Crippen molar-refractivity contribution in [1.82, 2.24) is 19.9 Å². The molecule has 1 aromatic carbocycles. The van der Waals surface area contributed by atoms with Crippen LogP contribution in [0, 0.1) is 11.6 Å². The lowest BCUT2D eigenvalue weighted by molar-refractivity contribution is 0.584. The quantitative estimate of drug-likeness (QED) is 0.688. The van der Waals surface area contributed by atoms with E-state index in [1.165, 1.54) is 18.5 Å². The fourth-order valence-electron chi connectivity index (χ4n) is 1.75. The number of anilines is 1. The van der Waals surface area contributed by atoms with Gasteiger partial charge >= 0.3 is 0 Å². The molecule has 3 rings (SSSR count). The van der Waals surface area contributed by atoms with Crippen molar-refractivity contribution in [3.8, 4) is 11.3 Å². The van der Waals surface area contributed by atoms with Crippen molar-refractivity contribution in [3.63, 3.8) is 0 Å². The molecule has 18 heavy (non-hydrogen) atoms. The average Bonchev–Trinajstić information content (AvgIpc) is 2.74. The number of halogens is 2. The highest BCUT2D eigenvalue weighted by molar-refractivity contribution is 5.87.